The van der Waals surface area contributed by atoms with Crippen molar-refractivity contribution in [1.82, 2.24) is 14.8 Å². The predicted molar refractivity (Wildman–Crippen MR) is 66.3 cm³/mol. The van der Waals surface area contributed by atoms with E-state index in [0.717, 1.165) is 20.3 Å². The predicted octanol–water partition coefficient (Wildman–Crippen LogP) is 3.53. The van der Waals surface area contributed by atoms with E-state index in [1.807, 2.05) is 12.3 Å². The second-order valence-electron chi connectivity index (χ2n) is 2.87. The van der Waals surface area contributed by atoms with Crippen molar-refractivity contribution in [1.29, 1.82) is 0 Å². The second kappa shape index (κ2) is 4.63. The van der Waals surface area contributed by atoms with Gasteiger partial charge in [0.2, 0.25) is 0 Å². The number of hydrogen-bond donors (Lipinski definition) is 0. The first-order valence-corrected chi connectivity index (χ1v) is 6.23. The molecule has 0 aliphatic carbocycles. The maximum Gasteiger partial charge on any atom is 0.153 e. The molecule has 78 valence electrons. The monoisotopic (exact) mass is 349 g/mol. The average molecular weight is 351 g/mol. The molecule has 0 saturated carbocycles. The van der Waals surface area contributed by atoms with E-state index in [-0.39, 0.29) is 0 Å². The van der Waals surface area contributed by atoms with E-state index in [1.54, 1.807) is 17.1 Å². The Kier molecular flexibility index (Phi) is 3.43. The number of nitrogens with zero attached hydrogens (tertiary/aromatic N) is 3. The third-order valence-corrected chi connectivity index (χ3v) is 3.26. The molecule has 2 aromatic heterocycles. The summed E-state index contributed by atoms with van der Waals surface area (Å²) in [5, 5.41) is 4.14. The smallest absolute Gasteiger partial charge is 0.153 e. The van der Waals surface area contributed by atoms with Crippen LogP contribution in [0.4, 0.5) is 0 Å². The maximum absolute atomic E-state index is 5.80. The standard InChI is InChI=1S/C9H6Br2ClN3/c10-7-3-14-15(5-7)9-1-6(2-12)8(11)4-13-9/h1,3-5H,2H2. The highest BCUT2D eigenvalue weighted by atomic mass is 79.9. The summed E-state index contributed by atoms with van der Waals surface area (Å²) >= 11 is 12.5. The van der Waals surface area contributed by atoms with Gasteiger partial charge in [-0.2, -0.15) is 5.10 Å². The van der Waals surface area contributed by atoms with Crippen molar-refractivity contribution in [3.63, 3.8) is 0 Å². The highest BCUT2D eigenvalue weighted by molar-refractivity contribution is 9.10. The summed E-state index contributed by atoms with van der Waals surface area (Å²) in [6.45, 7) is 0. The van der Waals surface area contributed by atoms with Gasteiger partial charge in [-0.15, -0.1) is 11.6 Å². The van der Waals surface area contributed by atoms with Crippen LogP contribution in [0.2, 0.25) is 0 Å². The average Bonchev–Trinajstić information content (AvgIpc) is 2.66. The van der Waals surface area contributed by atoms with Gasteiger partial charge in [-0.1, -0.05) is 0 Å². The van der Waals surface area contributed by atoms with Crippen molar-refractivity contribution in [3.05, 3.63) is 39.2 Å². The van der Waals surface area contributed by atoms with Crippen molar-refractivity contribution in [2.75, 3.05) is 0 Å². The molecule has 0 aromatic carbocycles. The minimum atomic E-state index is 0.443. The summed E-state index contributed by atoms with van der Waals surface area (Å²) < 4.78 is 3.51. The van der Waals surface area contributed by atoms with Crippen LogP contribution in [0.25, 0.3) is 5.82 Å². The molecule has 2 heterocycles. The highest BCUT2D eigenvalue weighted by Crippen LogP contribution is 2.20. The molecule has 0 aliphatic rings. The molecule has 0 saturated heterocycles. The van der Waals surface area contributed by atoms with Crippen molar-refractivity contribution in [2.45, 2.75) is 5.88 Å². The molecule has 0 atom stereocenters. The number of hydrogen-bond acceptors (Lipinski definition) is 2. The number of halogens is 3. The zero-order chi connectivity index (χ0) is 10.8. The van der Waals surface area contributed by atoms with Gasteiger partial charge in [0.25, 0.3) is 0 Å². The van der Waals surface area contributed by atoms with Crippen molar-refractivity contribution >= 4 is 43.5 Å². The number of pyridine rings is 1. The molecule has 0 bridgehead atoms. The second-order valence-corrected chi connectivity index (χ2v) is 4.91. The van der Waals surface area contributed by atoms with Gasteiger partial charge in [-0.3, -0.25) is 0 Å². The zero-order valence-corrected chi connectivity index (χ0v) is 11.4. The van der Waals surface area contributed by atoms with E-state index in [1.165, 1.54) is 0 Å². The van der Waals surface area contributed by atoms with Crippen LogP contribution in [-0.4, -0.2) is 14.8 Å². The molecule has 0 aliphatic heterocycles. The Morgan fingerprint density at radius 1 is 1.33 bits per heavy atom. The normalized spacial score (nSPS) is 10.6. The molecule has 3 nitrogen and oxygen atoms in total. The fourth-order valence-corrected chi connectivity index (χ4v) is 2.15. The Hall–Kier alpha value is -0.390. The lowest BCUT2D eigenvalue weighted by atomic mass is 10.3. The number of aromatic nitrogens is 3. The van der Waals surface area contributed by atoms with Crippen LogP contribution in [0, 0.1) is 0 Å². The Morgan fingerprint density at radius 3 is 2.73 bits per heavy atom. The van der Waals surface area contributed by atoms with Gasteiger partial charge in [0.1, 0.15) is 0 Å². The summed E-state index contributed by atoms with van der Waals surface area (Å²) in [7, 11) is 0. The molecule has 0 spiro atoms. The molecule has 0 radical (unpaired) electrons. The van der Waals surface area contributed by atoms with Crippen LogP contribution in [0.15, 0.2) is 33.6 Å². The van der Waals surface area contributed by atoms with Crippen LogP contribution in [0.3, 0.4) is 0 Å². The van der Waals surface area contributed by atoms with Crippen LogP contribution in [0.1, 0.15) is 5.56 Å². The Bertz CT molecular complexity index is 484. The lowest BCUT2D eigenvalue weighted by molar-refractivity contribution is 0.843. The fourth-order valence-electron chi connectivity index (χ4n) is 1.12. The van der Waals surface area contributed by atoms with E-state index in [9.17, 15) is 0 Å². The van der Waals surface area contributed by atoms with E-state index < -0.39 is 0 Å². The summed E-state index contributed by atoms with van der Waals surface area (Å²) in [5.41, 5.74) is 0.994. The van der Waals surface area contributed by atoms with Gasteiger partial charge in [0.05, 0.1) is 10.7 Å². The highest BCUT2D eigenvalue weighted by Gasteiger charge is 2.04. The Balaban J connectivity index is 2.45. The molecule has 0 unspecified atom stereocenters. The van der Waals surface area contributed by atoms with Crippen LogP contribution in [0.5, 0.6) is 0 Å². The molecule has 0 fully saturated rings. The fraction of sp³-hybridized carbons (Fsp3) is 0.111. The lowest BCUT2D eigenvalue weighted by Gasteiger charge is -2.03. The first-order valence-electron chi connectivity index (χ1n) is 4.11. The van der Waals surface area contributed by atoms with E-state index in [4.69, 9.17) is 11.6 Å². The van der Waals surface area contributed by atoms with Gasteiger partial charge in [-0.25, -0.2) is 9.67 Å². The minimum Gasteiger partial charge on any atom is -0.236 e. The van der Waals surface area contributed by atoms with Gasteiger partial charge >= 0.3 is 0 Å². The van der Waals surface area contributed by atoms with Crippen LogP contribution in [-0.2, 0) is 5.88 Å². The lowest BCUT2D eigenvalue weighted by Crippen LogP contribution is -1.98. The van der Waals surface area contributed by atoms with Gasteiger partial charge in [0, 0.05) is 22.7 Å². The topological polar surface area (TPSA) is 30.7 Å². The van der Waals surface area contributed by atoms with Crippen LogP contribution < -0.4 is 0 Å². The molecular weight excluding hydrogens is 345 g/mol. The third kappa shape index (κ3) is 2.41. The van der Waals surface area contributed by atoms with E-state index in [2.05, 4.69) is 41.9 Å². The van der Waals surface area contributed by atoms with Gasteiger partial charge in [0.15, 0.2) is 5.82 Å². The first-order chi connectivity index (χ1) is 7.20. The summed E-state index contributed by atoms with van der Waals surface area (Å²) in [6, 6.07) is 1.90. The van der Waals surface area contributed by atoms with Gasteiger partial charge in [-0.05, 0) is 43.5 Å². The first kappa shape index (κ1) is 11.1. The van der Waals surface area contributed by atoms with Crippen molar-refractivity contribution < 1.29 is 0 Å². The van der Waals surface area contributed by atoms with Crippen molar-refractivity contribution in [3.8, 4) is 5.82 Å². The largest absolute Gasteiger partial charge is 0.236 e. The van der Waals surface area contributed by atoms with Gasteiger partial charge < -0.3 is 0 Å². The molecule has 0 amide bonds. The quantitative estimate of drug-likeness (QED) is 0.775. The molecule has 0 N–H and O–H groups in total. The van der Waals surface area contributed by atoms with Crippen molar-refractivity contribution in [2.24, 2.45) is 0 Å². The molecule has 2 aromatic rings. The SMILES string of the molecule is ClCc1cc(-n2cc(Br)cn2)ncc1Br. The van der Waals surface area contributed by atoms with Crippen LogP contribution >= 0.6 is 43.5 Å². The minimum absolute atomic E-state index is 0.443. The molecule has 2 rings (SSSR count). The molecular formula is C9H6Br2ClN3. The summed E-state index contributed by atoms with van der Waals surface area (Å²) in [6.07, 6.45) is 5.28. The van der Waals surface area contributed by atoms with E-state index >= 15 is 0 Å². The number of alkyl halides is 1. The Labute approximate surface area is 109 Å². The third-order valence-electron chi connectivity index (χ3n) is 1.85. The maximum atomic E-state index is 5.80. The zero-order valence-electron chi connectivity index (χ0n) is 7.49. The molecule has 15 heavy (non-hydrogen) atoms. The number of rotatable bonds is 2. The summed E-state index contributed by atoms with van der Waals surface area (Å²) in [5.74, 6) is 1.19. The summed E-state index contributed by atoms with van der Waals surface area (Å²) in [4.78, 5) is 4.24. The molecule has 6 heteroatoms. The Morgan fingerprint density at radius 2 is 2.13 bits per heavy atom. The van der Waals surface area contributed by atoms with E-state index in [0.29, 0.717) is 5.88 Å².